The minimum absolute atomic E-state index is 0.147. The van der Waals surface area contributed by atoms with Gasteiger partial charge in [-0.2, -0.15) is 4.39 Å². The first-order chi connectivity index (χ1) is 26.4. The van der Waals surface area contributed by atoms with Crippen LogP contribution in [-0.2, 0) is 0 Å². The summed E-state index contributed by atoms with van der Waals surface area (Å²) in [5, 5.41) is -6.66. The summed E-state index contributed by atoms with van der Waals surface area (Å²) in [4.78, 5) is 0. The van der Waals surface area contributed by atoms with E-state index in [1.54, 1.807) is 0 Å². The lowest BCUT2D eigenvalue weighted by Crippen LogP contribution is -2.46. The molecule has 286 valence electrons. The second-order valence-corrected chi connectivity index (χ2v) is 11.6. The number of hydrogen-bond donors (Lipinski definition) is 0. The van der Waals surface area contributed by atoms with Crippen molar-refractivity contribution in [2.24, 2.45) is 0 Å². The van der Waals surface area contributed by atoms with E-state index in [-0.39, 0.29) is 6.07 Å². The van der Waals surface area contributed by atoms with Gasteiger partial charge in [-0.05, 0) is 41.1 Å². The molecule has 0 spiro atoms. The lowest BCUT2D eigenvalue weighted by Gasteiger charge is -2.23. The van der Waals surface area contributed by atoms with Crippen molar-refractivity contribution < 1.29 is 83.9 Å². The third kappa shape index (κ3) is 5.59. The Kier molecular flexibility index (Phi) is 9.20. The zero-order valence-corrected chi connectivity index (χ0v) is 26.4. The van der Waals surface area contributed by atoms with Crippen LogP contribution in [0.3, 0.4) is 0 Å². The number of rotatable bonds is 6. The van der Waals surface area contributed by atoms with Crippen molar-refractivity contribution >= 4 is 44.9 Å². The zero-order chi connectivity index (χ0) is 40.8. The topological polar surface area (TPSA) is 18.5 Å². The number of fused-ring (bicyclic) bond motifs is 3. The highest BCUT2D eigenvalue weighted by Crippen LogP contribution is 2.43. The molecule has 0 saturated heterocycles. The van der Waals surface area contributed by atoms with Crippen molar-refractivity contribution in [3.05, 3.63) is 147 Å². The molecule has 0 N–H and O–H groups in total. The monoisotopic (exact) mass is 806 g/mol. The average Bonchev–Trinajstić information content (AvgIpc) is 3.15. The summed E-state index contributed by atoms with van der Waals surface area (Å²) >= 11 is 0. The van der Waals surface area contributed by atoms with E-state index < -0.39 is 166 Å². The van der Waals surface area contributed by atoms with Crippen LogP contribution in [0.5, 0.6) is 11.5 Å². The van der Waals surface area contributed by atoms with Gasteiger partial charge in [0.15, 0.2) is 58.1 Å². The van der Waals surface area contributed by atoms with E-state index >= 15 is 35.1 Å². The van der Waals surface area contributed by atoms with Gasteiger partial charge in [0.05, 0.1) is 32.7 Å². The Bertz CT molecular complexity index is 2840. The minimum Gasteiger partial charge on any atom is -0.521 e. The molecule has 2 nitrogen and oxygen atoms in total. The SMILES string of the molecule is Fc1cc(F)c2c(F)ccc(OB(Oc3c(F)c(F)c(F)c(F)c3-c3c(F)c(F)c(F)c(F)c3F)c3c(F)c(F)c(F)c4c(F)c5c(F)cccc5cc34)c2c1. The minimum atomic E-state index is -3.36. The molecule has 56 heavy (non-hydrogen) atoms. The molecular weight excluding hydrogens is 798 g/mol. The van der Waals surface area contributed by atoms with Gasteiger partial charge in [0.25, 0.3) is 0 Å². The van der Waals surface area contributed by atoms with Gasteiger partial charge in [-0.1, -0.05) is 12.1 Å². The van der Waals surface area contributed by atoms with E-state index in [2.05, 4.69) is 0 Å². The first-order valence-corrected chi connectivity index (χ1v) is 15.0. The van der Waals surface area contributed by atoms with Crippen LogP contribution >= 0.6 is 0 Å². The predicted molar refractivity (Wildman–Crippen MR) is 163 cm³/mol. The molecule has 0 unspecified atom stereocenters. The molecule has 0 atom stereocenters. The van der Waals surface area contributed by atoms with Crippen LogP contribution < -0.4 is 14.8 Å². The highest BCUT2D eigenvalue weighted by molar-refractivity contribution is 6.66. The van der Waals surface area contributed by atoms with Gasteiger partial charge in [0, 0.05) is 11.5 Å². The van der Waals surface area contributed by atoms with Crippen molar-refractivity contribution in [1.82, 2.24) is 0 Å². The molecule has 0 amide bonds. The Hall–Kier alpha value is -6.21. The average molecular weight is 806 g/mol. The van der Waals surface area contributed by atoms with Gasteiger partial charge in [0.2, 0.25) is 17.5 Å². The fourth-order valence-electron chi connectivity index (χ4n) is 6.03. The lowest BCUT2D eigenvalue weighted by molar-refractivity contribution is 0.366. The lowest BCUT2D eigenvalue weighted by atomic mass is 9.74. The van der Waals surface area contributed by atoms with Crippen LogP contribution in [0.4, 0.5) is 74.6 Å². The first-order valence-electron chi connectivity index (χ1n) is 15.0. The smallest absolute Gasteiger partial charge is 0.521 e. The molecule has 0 heterocycles. The van der Waals surface area contributed by atoms with Crippen LogP contribution in [0, 0.1) is 98.9 Å². The summed E-state index contributed by atoms with van der Waals surface area (Å²) in [5.41, 5.74) is -6.77. The summed E-state index contributed by atoms with van der Waals surface area (Å²) in [7, 11) is -3.36. The summed E-state index contributed by atoms with van der Waals surface area (Å²) in [6.07, 6.45) is 0. The van der Waals surface area contributed by atoms with E-state index in [0.29, 0.717) is 30.3 Å². The molecule has 7 aromatic carbocycles. The second kappa shape index (κ2) is 13.5. The highest BCUT2D eigenvalue weighted by atomic mass is 19.2. The van der Waals surface area contributed by atoms with Crippen LogP contribution in [0.15, 0.2) is 48.5 Å². The Morgan fingerprint density at radius 1 is 0.375 bits per heavy atom. The van der Waals surface area contributed by atoms with E-state index in [4.69, 9.17) is 9.31 Å². The van der Waals surface area contributed by atoms with Gasteiger partial charge in [-0.3, -0.25) is 0 Å². The third-order valence-electron chi connectivity index (χ3n) is 8.50. The maximum Gasteiger partial charge on any atom is 0.636 e. The molecule has 7 aromatic rings. The van der Waals surface area contributed by atoms with Crippen molar-refractivity contribution in [1.29, 1.82) is 0 Å². The summed E-state index contributed by atoms with van der Waals surface area (Å²) in [5.74, 6) is -45.5. The number of hydrogen-bond acceptors (Lipinski definition) is 2. The van der Waals surface area contributed by atoms with Crippen LogP contribution in [0.2, 0.25) is 0 Å². The Morgan fingerprint density at radius 3 is 1.57 bits per heavy atom. The van der Waals surface area contributed by atoms with Gasteiger partial charge >= 0.3 is 7.12 Å². The molecule has 0 aliphatic rings. The molecule has 0 bridgehead atoms. The van der Waals surface area contributed by atoms with E-state index in [9.17, 15) is 39.5 Å². The van der Waals surface area contributed by atoms with Crippen molar-refractivity contribution in [3.8, 4) is 22.6 Å². The van der Waals surface area contributed by atoms with E-state index in [1.807, 2.05) is 0 Å². The van der Waals surface area contributed by atoms with Gasteiger partial charge in [-0.15, -0.1) is 0 Å². The molecule has 0 radical (unpaired) electrons. The van der Waals surface area contributed by atoms with Crippen molar-refractivity contribution in [2.75, 3.05) is 0 Å². The maximum absolute atomic E-state index is 16.1. The standard InChI is InChI=1S/C36H8BF17O2/c38-10-7-11-16(5-4-14(40)18(11)15(41)8-10)55-37(22-12-6-9-2-1-3-13(39)17(9)23(42)19(12)24(43)29(48)28(22)47)56-36-21(27(46)32(51)34(53)35(36)54)20-25(44)30(49)33(52)31(50)26(20)45/h1-8H. The summed E-state index contributed by atoms with van der Waals surface area (Å²) in [6, 6.07) is 4.36. The number of halogens is 17. The van der Waals surface area contributed by atoms with Crippen molar-refractivity contribution in [2.45, 2.75) is 0 Å². The third-order valence-corrected chi connectivity index (χ3v) is 8.50. The fraction of sp³-hybridized carbons (Fsp3) is 0. The van der Waals surface area contributed by atoms with Crippen LogP contribution in [-0.4, -0.2) is 7.12 Å². The van der Waals surface area contributed by atoms with Crippen LogP contribution in [0.1, 0.15) is 0 Å². The van der Waals surface area contributed by atoms with E-state index in [0.717, 1.165) is 12.1 Å². The normalized spacial score (nSPS) is 11.7. The van der Waals surface area contributed by atoms with Crippen LogP contribution in [0.25, 0.3) is 43.4 Å². The van der Waals surface area contributed by atoms with Gasteiger partial charge in [-0.25, -0.2) is 70.2 Å². The Balaban J connectivity index is 1.62. The highest BCUT2D eigenvalue weighted by Gasteiger charge is 2.42. The fourth-order valence-corrected chi connectivity index (χ4v) is 6.03. The summed E-state index contributed by atoms with van der Waals surface area (Å²) < 4.78 is 265. The quantitative estimate of drug-likeness (QED) is 0.0548. The second-order valence-electron chi connectivity index (χ2n) is 11.6. The van der Waals surface area contributed by atoms with E-state index in [1.165, 1.54) is 0 Å². The zero-order valence-electron chi connectivity index (χ0n) is 26.4. The molecule has 0 aliphatic carbocycles. The van der Waals surface area contributed by atoms with Gasteiger partial charge < -0.3 is 9.31 Å². The molecule has 0 aromatic heterocycles. The molecular formula is C36H8BF17O2. The van der Waals surface area contributed by atoms with Crippen molar-refractivity contribution in [3.63, 3.8) is 0 Å². The first kappa shape index (κ1) is 38.1. The number of benzene rings is 7. The predicted octanol–water partition coefficient (Wildman–Crippen LogP) is 11.0. The Labute approximate surface area is 299 Å². The maximum atomic E-state index is 16.1. The molecule has 0 aliphatic heterocycles. The summed E-state index contributed by atoms with van der Waals surface area (Å²) in [6.45, 7) is 0. The van der Waals surface area contributed by atoms with Gasteiger partial charge in [0.1, 0.15) is 34.8 Å². The largest absolute Gasteiger partial charge is 0.636 e. The Morgan fingerprint density at radius 2 is 0.929 bits per heavy atom. The molecule has 0 fully saturated rings. The molecule has 7 rings (SSSR count). The molecule has 20 heteroatoms. The molecule has 0 saturated carbocycles.